The molecular formula is C20H21Cl2SiTi. The molecule has 4 rings (SSSR count). The summed E-state index contributed by atoms with van der Waals surface area (Å²) in [6, 6.07) is 16.1. The minimum absolute atomic E-state index is 0. The van der Waals surface area contributed by atoms with E-state index in [1.54, 1.807) is 13.3 Å². The molecule has 2 aromatic rings. The topological polar surface area (TPSA) is 0 Å². The van der Waals surface area contributed by atoms with Crippen molar-refractivity contribution in [2.45, 2.75) is 25.9 Å². The van der Waals surface area contributed by atoms with Gasteiger partial charge in [0.25, 0.3) is 0 Å². The number of benzene rings is 2. The van der Waals surface area contributed by atoms with Crippen LogP contribution in [0.2, 0.25) is 13.1 Å². The van der Waals surface area contributed by atoms with Crippen molar-refractivity contribution in [3.8, 4) is 11.1 Å². The Kier molecular flexibility index (Phi) is 6.75. The van der Waals surface area contributed by atoms with Crippen molar-refractivity contribution < 1.29 is 41.9 Å². The smallest absolute Gasteiger partial charge is 1.00 e. The second-order valence-corrected chi connectivity index (χ2v) is 19.8. The summed E-state index contributed by atoms with van der Waals surface area (Å²) >= 11 is -1.28. The first-order valence-corrected chi connectivity index (χ1v) is 15.3. The van der Waals surface area contributed by atoms with Gasteiger partial charge in [0, 0.05) is 0 Å². The van der Waals surface area contributed by atoms with Crippen LogP contribution in [-0.2, 0) is 23.5 Å². The van der Waals surface area contributed by atoms with Gasteiger partial charge in [-0.3, -0.25) is 0 Å². The van der Waals surface area contributed by atoms with E-state index in [4.69, 9.17) is 0 Å². The third-order valence-corrected chi connectivity index (χ3v) is 17.5. The van der Waals surface area contributed by atoms with Gasteiger partial charge in [0.1, 0.15) is 0 Å². The first-order valence-electron chi connectivity index (χ1n) is 8.19. The van der Waals surface area contributed by atoms with Crippen LogP contribution in [0.3, 0.4) is 0 Å². The molecule has 2 aromatic carbocycles. The van der Waals surface area contributed by atoms with Crippen molar-refractivity contribution in [1.29, 1.82) is 0 Å². The predicted molar refractivity (Wildman–Crippen MR) is 95.0 cm³/mol. The molecule has 0 nitrogen and oxygen atoms in total. The van der Waals surface area contributed by atoms with E-state index >= 15 is 0 Å². The normalized spacial score (nSPS) is 13.7. The van der Waals surface area contributed by atoms with E-state index in [1.807, 2.05) is 0 Å². The van der Waals surface area contributed by atoms with Crippen molar-refractivity contribution >= 4 is 10.5 Å². The average Bonchev–Trinajstić information content (AvgIpc) is 3.15. The Bertz CT molecular complexity index is 796. The van der Waals surface area contributed by atoms with Crippen molar-refractivity contribution in [2.24, 2.45) is 0 Å². The third kappa shape index (κ3) is 3.38. The van der Waals surface area contributed by atoms with Crippen molar-refractivity contribution in [1.82, 2.24) is 0 Å². The van der Waals surface area contributed by atoms with Crippen molar-refractivity contribution in [3.05, 3.63) is 75.7 Å². The van der Waals surface area contributed by atoms with Gasteiger partial charge in [-0.05, 0) is 0 Å². The minimum Gasteiger partial charge on any atom is -1.00 e. The quantitative estimate of drug-likeness (QED) is 0.456. The molecule has 0 heterocycles. The van der Waals surface area contributed by atoms with Gasteiger partial charge in [-0.25, -0.2) is 0 Å². The second kappa shape index (κ2) is 8.21. The first kappa shape index (κ1) is 19.8. The summed E-state index contributed by atoms with van der Waals surface area (Å²) in [6.07, 6.45) is 9.43. The van der Waals surface area contributed by atoms with E-state index in [0.29, 0.717) is 0 Å². The maximum Gasteiger partial charge on any atom is -1.00 e. The molecule has 0 atom stereocenters. The van der Waals surface area contributed by atoms with E-state index in [9.17, 15) is 0 Å². The van der Waals surface area contributed by atoms with Gasteiger partial charge in [-0.2, -0.15) is 0 Å². The van der Waals surface area contributed by atoms with E-state index in [1.165, 1.54) is 23.1 Å². The first-order chi connectivity index (χ1) is 10.8. The summed E-state index contributed by atoms with van der Waals surface area (Å²) in [5, 5.41) is 0. The summed E-state index contributed by atoms with van der Waals surface area (Å²) in [5.74, 6) is 0. The van der Waals surface area contributed by atoms with Gasteiger partial charge in [-0.15, -0.1) is 0 Å². The Morgan fingerprint density at radius 1 is 0.917 bits per heavy atom. The molecule has 0 fully saturated rings. The van der Waals surface area contributed by atoms with Crippen LogP contribution in [0, 0.1) is 0 Å². The van der Waals surface area contributed by atoms with Crippen LogP contribution < -0.4 is 28.7 Å². The molecule has 0 aliphatic heterocycles. The summed E-state index contributed by atoms with van der Waals surface area (Å²) in [4.78, 5) is 0. The van der Waals surface area contributed by atoms with Crippen molar-refractivity contribution in [2.75, 3.05) is 0 Å². The molecular weight excluding hydrogens is 387 g/mol. The number of halogens is 2. The van der Waals surface area contributed by atoms with Gasteiger partial charge in [0.2, 0.25) is 0 Å². The SMILES string of the molecule is C[SiH](C)[Ti+2]([C]1=CC=CC1)[c]1cccc2c1Cc1ccccc1-2.[Cl-].[Cl-]. The van der Waals surface area contributed by atoms with Crippen LogP contribution in [0.4, 0.5) is 0 Å². The summed E-state index contributed by atoms with van der Waals surface area (Å²) < 4.78 is 3.57. The molecule has 0 saturated carbocycles. The Morgan fingerprint density at radius 2 is 1.67 bits per heavy atom. The molecule has 0 N–H and O–H groups in total. The van der Waals surface area contributed by atoms with Crippen LogP contribution in [-0.4, -0.2) is 6.66 Å². The fraction of sp³-hybridized carbons (Fsp3) is 0.200. The Hall–Kier alpha value is -0.569. The number of rotatable bonds is 3. The van der Waals surface area contributed by atoms with Crippen LogP contribution in [0.15, 0.2) is 64.6 Å². The maximum atomic E-state index is 2.57. The third-order valence-electron chi connectivity index (χ3n) is 4.84. The predicted octanol–water partition coefficient (Wildman–Crippen LogP) is -1.66. The van der Waals surface area contributed by atoms with Gasteiger partial charge in [-0.1, -0.05) is 0 Å². The summed E-state index contributed by atoms with van der Waals surface area (Å²) in [6.45, 7) is 4.49. The fourth-order valence-electron chi connectivity index (χ4n) is 3.91. The van der Waals surface area contributed by atoms with Crippen LogP contribution in [0.1, 0.15) is 17.5 Å². The number of hydrogen-bond donors (Lipinski definition) is 0. The average molecular weight is 408 g/mol. The standard InChI is InChI=1S/C13H9.C5H5.C2H7Si.2ClH.Ti/c1-3-7-12-10(5-1)9-11-6-2-4-8-13(11)12;1-2-4-5-3-1;1-3-2;;;/h1-5,7-8H,9H2;1-3H,4H2;3H,1-2H3;2*1H;/q;;;;;+2/p-2. The maximum absolute atomic E-state index is 2.57. The Labute approximate surface area is 164 Å². The molecule has 123 valence electrons. The van der Waals surface area contributed by atoms with Gasteiger partial charge >= 0.3 is 140 Å². The number of hydrogen-bond acceptors (Lipinski definition) is 0. The minimum atomic E-state index is -1.28. The van der Waals surface area contributed by atoms with Gasteiger partial charge < -0.3 is 24.8 Å². The molecule has 0 aromatic heterocycles. The Morgan fingerprint density at radius 3 is 2.38 bits per heavy atom. The van der Waals surface area contributed by atoms with Gasteiger partial charge in [0.05, 0.1) is 0 Å². The zero-order valence-electron chi connectivity index (χ0n) is 14.0. The largest absolute Gasteiger partial charge is 1.00 e. The summed E-state index contributed by atoms with van der Waals surface area (Å²) in [7, 11) is 0. The molecule has 0 spiro atoms. The van der Waals surface area contributed by atoms with Gasteiger partial charge in [0.15, 0.2) is 0 Å². The molecule has 0 unspecified atom stereocenters. The van der Waals surface area contributed by atoms with E-state index < -0.39 is 23.8 Å². The van der Waals surface area contributed by atoms with Crippen LogP contribution >= 0.6 is 0 Å². The summed E-state index contributed by atoms with van der Waals surface area (Å²) in [5.41, 5.74) is 6.17. The second-order valence-electron chi connectivity index (χ2n) is 6.56. The Balaban J connectivity index is 0.00000104. The zero-order chi connectivity index (χ0) is 15.1. The molecule has 4 heteroatoms. The van der Waals surface area contributed by atoms with E-state index in [2.05, 4.69) is 73.8 Å². The molecule has 2 aliphatic carbocycles. The monoisotopic (exact) mass is 407 g/mol. The number of fused-ring (bicyclic) bond motifs is 3. The van der Waals surface area contributed by atoms with Crippen molar-refractivity contribution in [3.63, 3.8) is 0 Å². The molecule has 0 saturated heterocycles. The fourth-order valence-corrected chi connectivity index (χ4v) is 16.4. The van der Waals surface area contributed by atoms with Crippen LogP contribution in [0.5, 0.6) is 0 Å². The molecule has 0 radical (unpaired) electrons. The molecule has 0 amide bonds. The molecule has 2 aliphatic rings. The number of allylic oxidation sites excluding steroid dienone is 4. The molecule has 0 bridgehead atoms. The zero-order valence-corrected chi connectivity index (χ0v) is 18.2. The molecule has 24 heavy (non-hydrogen) atoms. The van der Waals surface area contributed by atoms with E-state index in [-0.39, 0.29) is 24.8 Å². The van der Waals surface area contributed by atoms with E-state index in [0.717, 1.165) is 6.42 Å². The van der Waals surface area contributed by atoms with Crippen LogP contribution in [0.25, 0.3) is 11.1 Å².